The highest BCUT2D eigenvalue weighted by Crippen LogP contribution is 2.27. The third-order valence-electron chi connectivity index (χ3n) is 3.83. The van der Waals surface area contributed by atoms with E-state index in [4.69, 9.17) is 4.74 Å². The van der Waals surface area contributed by atoms with Crippen LogP contribution >= 0.6 is 0 Å². The summed E-state index contributed by atoms with van der Waals surface area (Å²) >= 11 is 0. The highest BCUT2D eigenvalue weighted by atomic mass is 32.2. The summed E-state index contributed by atoms with van der Waals surface area (Å²) in [6.45, 7) is 3.30. The average molecular weight is 339 g/mol. The van der Waals surface area contributed by atoms with Crippen LogP contribution in [0.3, 0.4) is 0 Å². The third kappa shape index (κ3) is 3.15. The molecule has 2 aromatic rings. The first kappa shape index (κ1) is 16.1. The summed E-state index contributed by atoms with van der Waals surface area (Å²) in [6, 6.07) is 5.41. The molecule has 1 aromatic carbocycles. The van der Waals surface area contributed by atoms with E-state index in [1.807, 2.05) is 13.1 Å². The van der Waals surface area contributed by atoms with Gasteiger partial charge in [0.05, 0.1) is 18.9 Å². The molecule has 1 unspecified atom stereocenters. The van der Waals surface area contributed by atoms with Crippen molar-refractivity contribution >= 4 is 10.0 Å². The van der Waals surface area contributed by atoms with Crippen molar-refractivity contribution in [1.29, 1.82) is 0 Å². The summed E-state index contributed by atoms with van der Waals surface area (Å²) in [5.74, 6) is -0.741. The maximum atomic E-state index is 13.9. The summed E-state index contributed by atoms with van der Waals surface area (Å²) < 4.78 is 47.9. The molecular formula is C15H18FN3O3S. The fourth-order valence-corrected chi connectivity index (χ4v) is 4.05. The van der Waals surface area contributed by atoms with Crippen molar-refractivity contribution in [3.05, 3.63) is 48.0 Å². The van der Waals surface area contributed by atoms with Gasteiger partial charge in [-0.15, -0.1) is 0 Å². The van der Waals surface area contributed by atoms with Crippen molar-refractivity contribution in [2.24, 2.45) is 0 Å². The predicted molar refractivity (Wildman–Crippen MR) is 81.8 cm³/mol. The second-order valence-corrected chi connectivity index (χ2v) is 7.19. The van der Waals surface area contributed by atoms with Crippen molar-refractivity contribution in [2.45, 2.75) is 24.5 Å². The second kappa shape index (κ2) is 6.38. The molecule has 8 heteroatoms. The van der Waals surface area contributed by atoms with Crippen LogP contribution in [0.15, 0.2) is 41.6 Å². The SMILES string of the molecule is CCn1cc(C2CN(S(=O)(=O)c3ccccc3F)CCO2)cn1. The molecule has 0 N–H and O–H groups in total. The molecule has 2 heterocycles. The number of hydrogen-bond donors (Lipinski definition) is 0. The first-order valence-corrected chi connectivity index (χ1v) is 8.85. The number of halogens is 1. The molecule has 1 aliphatic heterocycles. The molecule has 0 amide bonds. The molecule has 0 aliphatic carbocycles. The Morgan fingerprint density at radius 2 is 2.17 bits per heavy atom. The van der Waals surface area contributed by atoms with Crippen molar-refractivity contribution in [1.82, 2.24) is 14.1 Å². The molecule has 0 radical (unpaired) electrons. The van der Waals surface area contributed by atoms with Gasteiger partial charge in [-0.1, -0.05) is 12.1 Å². The van der Waals surface area contributed by atoms with Crippen molar-refractivity contribution in [3.63, 3.8) is 0 Å². The van der Waals surface area contributed by atoms with E-state index in [-0.39, 0.29) is 24.6 Å². The summed E-state index contributed by atoms with van der Waals surface area (Å²) in [4.78, 5) is -0.301. The van der Waals surface area contributed by atoms with E-state index in [0.717, 1.165) is 18.2 Å². The molecule has 23 heavy (non-hydrogen) atoms. The van der Waals surface area contributed by atoms with Gasteiger partial charge in [-0.25, -0.2) is 12.8 Å². The van der Waals surface area contributed by atoms with Gasteiger partial charge in [-0.05, 0) is 19.1 Å². The number of hydrogen-bond acceptors (Lipinski definition) is 4. The van der Waals surface area contributed by atoms with Gasteiger partial charge in [-0.2, -0.15) is 9.40 Å². The first-order valence-electron chi connectivity index (χ1n) is 7.41. The van der Waals surface area contributed by atoms with E-state index in [2.05, 4.69) is 5.10 Å². The smallest absolute Gasteiger partial charge is 0.246 e. The van der Waals surface area contributed by atoms with E-state index in [1.165, 1.54) is 22.5 Å². The van der Waals surface area contributed by atoms with Gasteiger partial charge >= 0.3 is 0 Å². The second-order valence-electron chi connectivity index (χ2n) is 5.28. The zero-order chi connectivity index (χ0) is 16.4. The first-order chi connectivity index (χ1) is 11.0. The molecule has 1 fully saturated rings. The Morgan fingerprint density at radius 1 is 1.39 bits per heavy atom. The lowest BCUT2D eigenvalue weighted by Gasteiger charge is -2.31. The van der Waals surface area contributed by atoms with Crippen molar-refractivity contribution < 1.29 is 17.5 Å². The standard InChI is InChI=1S/C15H18FN3O3S/c1-2-18-10-12(9-17-18)14-11-19(7-8-22-14)23(20,21)15-6-4-3-5-13(15)16/h3-6,9-10,14H,2,7-8,11H2,1H3. The van der Waals surface area contributed by atoms with Crippen molar-refractivity contribution in [2.75, 3.05) is 19.7 Å². The van der Waals surface area contributed by atoms with Crippen LogP contribution in [0.4, 0.5) is 4.39 Å². The number of aryl methyl sites for hydroxylation is 1. The number of ether oxygens (including phenoxy) is 1. The Labute approximate surface area is 134 Å². The molecule has 1 aromatic heterocycles. The third-order valence-corrected chi connectivity index (χ3v) is 5.73. The zero-order valence-corrected chi connectivity index (χ0v) is 13.5. The largest absolute Gasteiger partial charge is 0.371 e. The van der Waals surface area contributed by atoms with E-state index >= 15 is 0 Å². The minimum atomic E-state index is -3.88. The highest BCUT2D eigenvalue weighted by molar-refractivity contribution is 7.89. The molecule has 0 saturated carbocycles. The molecule has 0 spiro atoms. The Morgan fingerprint density at radius 3 is 2.87 bits per heavy atom. The lowest BCUT2D eigenvalue weighted by molar-refractivity contribution is -0.00265. The normalized spacial score (nSPS) is 19.8. The van der Waals surface area contributed by atoms with Crippen LogP contribution < -0.4 is 0 Å². The van der Waals surface area contributed by atoms with Crippen LogP contribution in [-0.2, 0) is 21.3 Å². The fraction of sp³-hybridized carbons (Fsp3) is 0.400. The van der Waals surface area contributed by atoms with Gasteiger partial charge < -0.3 is 4.74 Å². The maximum absolute atomic E-state index is 13.9. The molecular weight excluding hydrogens is 321 g/mol. The average Bonchev–Trinajstić information content (AvgIpc) is 3.04. The molecule has 1 atom stereocenters. The topological polar surface area (TPSA) is 64.4 Å². The monoisotopic (exact) mass is 339 g/mol. The lowest BCUT2D eigenvalue weighted by Crippen LogP contribution is -2.42. The maximum Gasteiger partial charge on any atom is 0.246 e. The summed E-state index contributed by atoms with van der Waals surface area (Å²) in [5.41, 5.74) is 0.820. The Hall–Kier alpha value is -1.77. The van der Waals surface area contributed by atoms with E-state index in [9.17, 15) is 12.8 Å². The molecule has 1 aliphatic rings. The van der Waals surface area contributed by atoms with Crippen LogP contribution in [0.25, 0.3) is 0 Å². The number of morpholine rings is 1. The van der Waals surface area contributed by atoms with Gasteiger partial charge in [0, 0.05) is 31.4 Å². The lowest BCUT2D eigenvalue weighted by atomic mass is 10.2. The molecule has 0 bridgehead atoms. The highest BCUT2D eigenvalue weighted by Gasteiger charge is 2.33. The number of nitrogens with zero attached hydrogens (tertiary/aromatic N) is 3. The quantitative estimate of drug-likeness (QED) is 0.852. The van der Waals surface area contributed by atoms with Crippen molar-refractivity contribution in [3.8, 4) is 0 Å². The molecule has 124 valence electrons. The van der Waals surface area contributed by atoms with Crippen LogP contribution in [0.5, 0.6) is 0 Å². The summed E-state index contributed by atoms with van der Waals surface area (Å²) in [6.07, 6.45) is 3.11. The number of aromatic nitrogens is 2. The van der Waals surface area contributed by atoms with Gasteiger partial charge in [0.1, 0.15) is 10.7 Å². The number of sulfonamides is 1. The molecule has 1 saturated heterocycles. The number of benzene rings is 1. The number of rotatable bonds is 4. The van der Waals surface area contributed by atoms with Gasteiger partial charge in [0.15, 0.2) is 0 Å². The van der Waals surface area contributed by atoms with Crippen LogP contribution in [-0.4, -0.2) is 42.2 Å². The summed E-state index contributed by atoms with van der Waals surface area (Å²) in [7, 11) is -3.88. The van der Waals surface area contributed by atoms with Gasteiger partial charge in [0.25, 0.3) is 0 Å². The fourth-order valence-electron chi connectivity index (χ4n) is 2.56. The van der Waals surface area contributed by atoms with Crippen LogP contribution in [0.1, 0.15) is 18.6 Å². The Balaban J connectivity index is 1.84. The Bertz CT molecular complexity index is 791. The van der Waals surface area contributed by atoms with E-state index < -0.39 is 21.9 Å². The van der Waals surface area contributed by atoms with Crippen LogP contribution in [0, 0.1) is 5.82 Å². The Kier molecular flexibility index (Phi) is 4.47. The van der Waals surface area contributed by atoms with Crippen LogP contribution in [0.2, 0.25) is 0 Å². The molecule has 3 rings (SSSR count). The molecule has 6 nitrogen and oxygen atoms in total. The zero-order valence-electron chi connectivity index (χ0n) is 12.7. The van der Waals surface area contributed by atoms with Gasteiger partial charge in [-0.3, -0.25) is 4.68 Å². The summed E-state index contributed by atoms with van der Waals surface area (Å²) in [5, 5.41) is 4.18. The van der Waals surface area contributed by atoms with E-state index in [0.29, 0.717) is 0 Å². The minimum Gasteiger partial charge on any atom is -0.371 e. The van der Waals surface area contributed by atoms with E-state index in [1.54, 1.807) is 10.9 Å². The predicted octanol–water partition coefficient (Wildman–Crippen LogP) is 1.80. The van der Waals surface area contributed by atoms with Gasteiger partial charge in [0.2, 0.25) is 10.0 Å². The minimum absolute atomic E-state index is 0.145.